The van der Waals surface area contributed by atoms with Gasteiger partial charge in [0, 0.05) is 29.9 Å². The van der Waals surface area contributed by atoms with Gasteiger partial charge in [-0.05, 0) is 57.7 Å². The molecule has 2 aliphatic rings. The Bertz CT molecular complexity index is 482. The SMILES string of the molecule is CNC(C)c1c(F)cccc1N1CCCC1C1CCCC1. The molecule has 2 atom stereocenters. The Morgan fingerprint density at radius 1 is 1.19 bits per heavy atom. The minimum Gasteiger partial charge on any atom is -0.368 e. The molecule has 2 unspecified atom stereocenters. The van der Waals surface area contributed by atoms with Crippen LogP contribution < -0.4 is 10.2 Å². The van der Waals surface area contributed by atoms with Crippen LogP contribution in [0.1, 0.15) is 57.1 Å². The van der Waals surface area contributed by atoms with Gasteiger partial charge < -0.3 is 10.2 Å². The van der Waals surface area contributed by atoms with Crippen LogP contribution in [0.4, 0.5) is 10.1 Å². The molecular weight excluding hydrogens is 263 g/mol. The lowest BCUT2D eigenvalue weighted by Crippen LogP contribution is -2.36. The van der Waals surface area contributed by atoms with Gasteiger partial charge >= 0.3 is 0 Å². The second-order valence-corrected chi connectivity index (χ2v) is 6.63. The second-order valence-electron chi connectivity index (χ2n) is 6.63. The molecule has 1 N–H and O–H groups in total. The Balaban J connectivity index is 1.93. The molecule has 21 heavy (non-hydrogen) atoms. The molecule has 1 aromatic rings. The maximum Gasteiger partial charge on any atom is 0.130 e. The van der Waals surface area contributed by atoms with Crippen molar-refractivity contribution >= 4 is 5.69 Å². The van der Waals surface area contributed by atoms with E-state index < -0.39 is 0 Å². The number of halogens is 1. The van der Waals surface area contributed by atoms with E-state index in [2.05, 4.69) is 16.3 Å². The Morgan fingerprint density at radius 3 is 2.67 bits per heavy atom. The molecule has 0 aromatic heterocycles. The molecule has 116 valence electrons. The third kappa shape index (κ3) is 2.80. The second kappa shape index (κ2) is 6.35. The fourth-order valence-corrected chi connectivity index (χ4v) is 4.27. The first-order valence-corrected chi connectivity index (χ1v) is 8.44. The summed E-state index contributed by atoms with van der Waals surface area (Å²) in [7, 11) is 1.90. The standard InChI is InChI=1S/C18H27FN2/c1-13(20-2)18-15(19)9-5-10-17(18)21-12-6-11-16(21)14-7-3-4-8-14/h5,9-10,13-14,16,20H,3-4,6-8,11-12H2,1-2H3. The highest BCUT2D eigenvalue weighted by molar-refractivity contribution is 5.57. The minimum atomic E-state index is -0.0774. The van der Waals surface area contributed by atoms with E-state index in [1.165, 1.54) is 38.5 Å². The van der Waals surface area contributed by atoms with E-state index in [-0.39, 0.29) is 11.9 Å². The number of hydrogen-bond acceptors (Lipinski definition) is 2. The van der Waals surface area contributed by atoms with Crippen molar-refractivity contribution in [1.82, 2.24) is 5.32 Å². The number of nitrogens with zero attached hydrogens (tertiary/aromatic N) is 1. The summed E-state index contributed by atoms with van der Waals surface area (Å²) in [6.07, 6.45) is 7.97. The lowest BCUT2D eigenvalue weighted by molar-refractivity contribution is 0.429. The average Bonchev–Trinajstić information content (AvgIpc) is 3.16. The van der Waals surface area contributed by atoms with Gasteiger partial charge in [0.25, 0.3) is 0 Å². The van der Waals surface area contributed by atoms with Crippen LogP contribution in [-0.2, 0) is 0 Å². The van der Waals surface area contributed by atoms with Crippen molar-refractivity contribution in [3.8, 4) is 0 Å². The summed E-state index contributed by atoms with van der Waals surface area (Å²) in [5.74, 6) is 0.736. The topological polar surface area (TPSA) is 15.3 Å². The molecule has 2 nitrogen and oxygen atoms in total. The monoisotopic (exact) mass is 290 g/mol. The van der Waals surface area contributed by atoms with Gasteiger partial charge in [-0.25, -0.2) is 4.39 Å². The quantitative estimate of drug-likeness (QED) is 0.891. The first-order valence-electron chi connectivity index (χ1n) is 8.44. The molecule has 1 saturated carbocycles. The Kier molecular flexibility index (Phi) is 4.48. The van der Waals surface area contributed by atoms with E-state index >= 15 is 0 Å². The zero-order valence-corrected chi connectivity index (χ0v) is 13.2. The van der Waals surface area contributed by atoms with Crippen molar-refractivity contribution in [2.75, 3.05) is 18.5 Å². The summed E-state index contributed by atoms with van der Waals surface area (Å²) < 4.78 is 14.4. The highest BCUT2D eigenvalue weighted by Gasteiger charge is 2.35. The maximum absolute atomic E-state index is 14.4. The van der Waals surface area contributed by atoms with Crippen molar-refractivity contribution in [1.29, 1.82) is 0 Å². The van der Waals surface area contributed by atoms with Gasteiger partial charge in [0.15, 0.2) is 0 Å². The van der Waals surface area contributed by atoms with Crippen molar-refractivity contribution in [2.45, 2.75) is 57.5 Å². The number of benzene rings is 1. The highest BCUT2D eigenvalue weighted by Crippen LogP contribution is 2.40. The Labute approximate surface area is 127 Å². The third-order valence-corrected chi connectivity index (χ3v) is 5.45. The normalized spacial score (nSPS) is 24.7. The average molecular weight is 290 g/mol. The van der Waals surface area contributed by atoms with E-state index in [1.807, 2.05) is 20.0 Å². The smallest absolute Gasteiger partial charge is 0.130 e. The van der Waals surface area contributed by atoms with Crippen molar-refractivity contribution in [2.24, 2.45) is 5.92 Å². The summed E-state index contributed by atoms with van der Waals surface area (Å²) >= 11 is 0. The van der Waals surface area contributed by atoms with Crippen LogP contribution in [0.3, 0.4) is 0 Å². The van der Waals surface area contributed by atoms with Gasteiger partial charge in [-0.15, -0.1) is 0 Å². The van der Waals surface area contributed by atoms with E-state index in [9.17, 15) is 4.39 Å². The van der Waals surface area contributed by atoms with E-state index in [1.54, 1.807) is 6.07 Å². The van der Waals surface area contributed by atoms with Crippen LogP contribution in [0.5, 0.6) is 0 Å². The van der Waals surface area contributed by atoms with Crippen LogP contribution in [0, 0.1) is 11.7 Å². The van der Waals surface area contributed by atoms with E-state index in [0.29, 0.717) is 6.04 Å². The molecule has 1 aromatic carbocycles. The van der Waals surface area contributed by atoms with Crippen LogP contribution >= 0.6 is 0 Å². The summed E-state index contributed by atoms with van der Waals surface area (Å²) in [5.41, 5.74) is 1.95. The van der Waals surface area contributed by atoms with Crippen LogP contribution in [0.2, 0.25) is 0 Å². The summed E-state index contributed by atoms with van der Waals surface area (Å²) in [4.78, 5) is 2.50. The molecule has 1 aliphatic carbocycles. The third-order valence-electron chi connectivity index (χ3n) is 5.45. The van der Waals surface area contributed by atoms with Crippen LogP contribution in [-0.4, -0.2) is 19.6 Å². The van der Waals surface area contributed by atoms with Gasteiger partial charge in [0.2, 0.25) is 0 Å². The number of anilines is 1. The predicted molar refractivity (Wildman–Crippen MR) is 86.2 cm³/mol. The van der Waals surface area contributed by atoms with Crippen LogP contribution in [0.15, 0.2) is 18.2 Å². The molecule has 1 saturated heterocycles. The van der Waals surface area contributed by atoms with Gasteiger partial charge in [-0.2, -0.15) is 0 Å². The molecule has 1 aliphatic heterocycles. The number of rotatable bonds is 4. The molecule has 0 radical (unpaired) electrons. The predicted octanol–water partition coefficient (Wildman–Crippen LogP) is 4.27. The maximum atomic E-state index is 14.4. The molecule has 0 amide bonds. The van der Waals surface area contributed by atoms with Crippen LogP contribution in [0.25, 0.3) is 0 Å². The van der Waals surface area contributed by atoms with Crippen molar-refractivity contribution < 1.29 is 4.39 Å². The Morgan fingerprint density at radius 2 is 1.95 bits per heavy atom. The molecule has 3 heteroatoms. The van der Waals surface area contributed by atoms with Crippen molar-refractivity contribution in [3.63, 3.8) is 0 Å². The summed E-state index contributed by atoms with van der Waals surface area (Å²) in [5, 5.41) is 3.20. The zero-order valence-electron chi connectivity index (χ0n) is 13.2. The van der Waals surface area contributed by atoms with E-state index in [0.717, 1.165) is 23.7 Å². The highest BCUT2D eigenvalue weighted by atomic mass is 19.1. The summed E-state index contributed by atoms with van der Waals surface area (Å²) in [6.45, 7) is 3.12. The first kappa shape index (κ1) is 14.8. The lowest BCUT2D eigenvalue weighted by Gasteiger charge is -2.34. The number of nitrogens with one attached hydrogen (secondary N) is 1. The first-order chi connectivity index (χ1) is 10.2. The van der Waals surface area contributed by atoms with E-state index in [4.69, 9.17) is 0 Å². The molecule has 0 bridgehead atoms. The summed E-state index contributed by atoms with van der Waals surface area (Å²) in [6, 6.07) is 6.23. The minimum absolute atomic E-state index is 0.0472. The lowest BCUT2D eigenvalue weighted by atomic mass is 9.94. The zero-order chi connectivity index (χ0) is 14.8. The molecule has 0 spiro atoms. The van der Waals surface area contributed by atoms with Gasteiger partial charge in [0.05, 0.1) is 0 Å². The molecule has 1 heterocycles. The van der Waals surface area contributed by atoms with Gasteiger partial charge in [-0.3, -0.25) is 0 Å². The largest absolute Gasteiger partial charge is 0.368 e. The fraction of sp³-hybridized carbons (Fsp3) is 0.667. The molecular formula is C18H27FN2. The fourth-order valence-electron chi connectivity index (χ4n) is 4.27. The molecule has 2 fully saturated rings. The van der Waals surface area contributed by atoms with Gasteiger partial charge in [-0.1, -0.05) is 18.9 Å². The Hall–Kier alpha value is -1.09. The molecule has 3 rings (SSSR count). The van der Waals surface area contributed by atoms with Gasteiger partial charge in [0.1, 0.15) is 5.82 Å². The van der Waals surface area contributed by atoms with Crippen molar-refractivity contribution in [3.05, 3.63) is 29.6 Å². The number of hydrogen-bond donors (Lipinski definition) is 1.